The number of hydrogen-bond acceptors (Lipinski definition) is 5. The number of nitrogens with two attached hydrogens (primary N) is 1. The Balaban J connectivity index is 4.07. The summed E-state index contributed by atoms with van der Waals surface area (Å²) in [6.07, 6.45) is 1.00. The highest BCUT2D eigenvalue weighted by molar-refractivity contribution is 4.94. The third kappa shape index (κ3) is 11.5. The molecule has 0 unspecified atom stereocenters. The molecule has 0 aliphatic rings. The van der Waals surface area contributed by atoms with E-state index in [0.717, 1.165) is 77.6 Å². The summed E-state index contributed by atoms with van der Waals surface area (Å²) in [5.74, 6) is 0. The largest absolute Gasteiger partial charge is 0.388 e. The van der Waals surface area contributed by atoms with Crippen molar-refractivity contribution in [2.45, 2.75) is 34.1 Å². The van der Waals surface area contributed by atoms with Gasteiger partial charge >= 0.3 is 0 Å². The maximum atomic E-state index is 5.52. The standard InChI is InChI=1S/C18H41N5/c1-6-21(7-2)13-14-22(8-3)15-16-23(9-4)17-18(5)20-12-10-11-19/h20H,5-17,19H2,1-4H3. The maximum Gasteiger partial charge on any atom is 0.0376 e. The molecule has 0 heterocycles. The Kier molecular flexibility index (Phi) is 14.5. The number of nitrogens with zero attached hydrogens (tertiary/aromatic N) is 3. The average Bonchev–Trinajstić information content (AvgIpc) is 2.57. The van der Waals surface area contributed by atoms with Crippen LogP contribution in [0.25, 0.3) is 0 Å². The molecule has 138 valence electrons. The minimum Gasteiger partial charge on any atom is -0.388 e. The van der Waals surface area contributed by atoms with Crippen LogP contribution in [0.4, 0.5) is 0 Å². The summed E-state index contributed by atoms with van der Waals surface area (Å²) in [5, 5.41) is 3.37. The molecule has 23 heavy (non-hydrogen) atoms. The Morgan fingerprint density at radius 1 is 0.826 bits per heavy atom. The predicted octanol–water partition coefficient (Wildman–Crippen LogP) is 1.42. The molecule has 0 fully saturated rings. The fraction of sp³-hybridized carbons (Fsp3) is 0.889. The average molecular weight is 328 g/mol. The van der Waals surface area contributed by atoms with E-state index in [-0.39, 0.29) is 0 Å². The highest BCUT2D eigenvalue weighted by atomic mass is 15.2. The first kappa shape index (κ1) is 22.4. The summed E-state index contributed by atoms with van der Waals surface area (Å²) in [6, 6.07) is 0. The monoisotopic (exact) mass is 327 g/mol. The van der Waals surface area contributed by atoms with E-state index < -0.39 is 0 Å². The van der Waals surface area contributed by atoms with Crippen LogP contribution in [0.1, 0.15) is 34.1 Å². The van der Waals surface area contributed by atoms with Crippen LogP contribution in [0.5, 0.6) is 0 Å². The third-order valence-electron chi connectivity index (χ3n) is 4.42. The van der Waals surface area contributed by atoms with Crippen molar-refractivity contribution in [2.75, 3.05) is 72.0 Å². The molecule has 0 radical (unpaired) electrons. The van der Waals surface area contributed by atoms with E-state index in [0.29, 0.717) is 0 Å². The molecule has 0 bridgehead atoms. The molecule has 0 aromatic rings. The van der Waals surface area contributed by atoms with Crippen molar-refractivity contribution in [2.24, 2.45) is 5.73 Å². The zero-order valence-electron chi connectivity index (χ0n) is 16.1. The van der Waals surface area contributed by atoms with E-state index in [1.165, 1.54) is 6.54 Å². The van der Waals surface area contributed by atoms with Crippen LogP contribution in [0.2, 0.25) is 0 Å². The van der Waals surface area contributed by atoms with Gasteiger partial charge in [-0.2, -0.15) is 0 Å². The first-order valence-electron chi connectivity index (χ1n) is 9.39. The van der Waals surface area contributed by atoms with Gasteiger partial charge in [0.2, 0.25) is 0 Å². The fourth-order valence-corrected chi connectivity index (χ4v) is 2.58. The topological polar surface area (TPSA) is 47.8 Å². The second-order valence-corrected chi connectivity index (χ2v) is 6.00. The molecule has 0 amide bonds. The minimum atomic E-state index is 0.732. The molecule has 0 aliphatic heterocycles. The van der Waals surface area contributed by atoms with Crippen LogP contribution in [0, 0.1) is 0 Å². The maximum absolute atomic E-state index is 5.52. The fourth-order valence-electron chi connectivity index (χ4n) is 2.58. The first-order valence-corrected chi connectivity index (χ1v) is 9.39. The molecule has 0 aliphatic carbocycles. The molecular weight excluding hydrogens is 286 g/mol. The quantitative estimate of drug-likeness (QED) is 0.420. The molecule has 0 atom stereocenters. The van der Waals surface area contributed by atoms with Crippen molar-refractivity contribution in [3.05, 3.63) is 12.3 Å². The van der Waals surface area contributed by atoms with Crippen molar-refractivity contribution < 1.29 is 0 Å². The second kappa shape index (κ2) is 14.9. The molecule has 0 rings (SSSR count). The Bertz CT molecular complexity index is 279. The van der Waals surface area contributed by atoms with Gasteiger partial charge in [0.15, 0.2) is 0 Å². The second-order valence-electron chi connectivity index (χ2n) is 6.00. The van der Waals surface area contributed by atoms with E-state index in [1.807, 2.05) is 0 Å². The Labute approximate surface area is 144 Å². The van der Waals surface area contributed by atoms with Gasteiger partial charge in [0.25, 0.3) is 0 Å². The van der Waals surface area contributed by atoms with Gasteiger partial charge in [0.05, 0.1) is 0 Å². The minimum absolute atomic E-state index is 0.732. The summed E-state index contributed by atoms with van der Waals surface area (Å²) in [7, 11) is 0. The van der Waals surface area contributed by atoms with Crippen LogP contribution < -0.4 is 11.1 Å². The van der Waals surface area contributed by atoms with Crippen LogP contribution in [0.3, 0.4) is 0 Å². The van der Waals surface area contributed by atoms with E-state index in [4.69, 9.17) is 5.73 Å². The summed E-state index contributed by atoms with van der Waals surface area (Å²) >= 11 is 0. The van der Waals surface area contributed by atoms with Crippen LogP contribution in [0.15, 0.2) is 12.3 Å². The number of rotatable bonds is 16. The van der Waals surface area contributed by atoms with E-state index >= 15 is 0 Å². The van der Waals surface area contributed by atoms with E-state index in [2.05, 4.69) is 54.3 Å². The molecule has 3 N–H and O–H groups in total. The number of hydrogen-bond donors (Lipinski definition) is 2. The van der Waals surface area contributed by atoms with Gasteiger partial charge in [-0.15, -0.1) is 0 Å². The zero-order valence-corrected chi connectivity index (χ0v) is 16.1. The molecular formula is C18H41N5. The van der Waals surface area contributed by atoms with E-state index in [9.17, 15) is 0 Å². The van der Waals surface area contributed by atoms with Gasteiger partial charge < -0.3 is 20.9 Å². The Morgan fingerprint density at radius 2 is 1.30 bits per heavy atom. The third-order valence-corrected chi connectivity index (χ3v) is 4.42. The van der Waals surface area contributed by atoms with Crippen molar-refractivity contribution in [3.8, 4) is 0 Å². The van der Waals surface area contributed by atoms with Crippen LogP contribution >= 0.6 is 0 Å². The summed E-state index contributed by atoms with van der Waals surface area (Å²) < 4.78 is 0. The molecule has 0 saturated heterocycles. The lowest BCUT2D eigenvalue weighted by Gasteiger charge is -2.28. The molecule has 0 aromatic heterocycles. The molecule has 0 aromatic carbocycles. The normalized spacial score (nSPS) is 11.7. The molecule has 0 spiro atoms. The Hall–Kier alpha value is -0.620. The van der Waals surface area contributed by atoms with Gasteiger partial charge in [-0.3, -0.25) is 4.90 Å². The van der Waals surface area contributed by atoms with Crippen molar-refractivity contribution in [1.82, 2.24) is 20.0 Å². The lowest BCUT2D eigenvalue weighted by molar-refractivity contribution is 0.192. The van der Waals surface area contributed by atoms with Gasteiger partial charge in [-0.1, -0.05) is 34.3 Å². The van der Waals surface area contributed by atoms with Crippen molar-refractivity contribution in [1.29, 1.82) is 0 Å². The SMILES string of the molecule is C=C(CN(CC)CCN(CC)CCN(CC)CC)NCCCN. The van der Waals surface area contributed by atoms with Crippen molar-refractivity contribution in [3.63, 3.8) is 0 Å². The molecule has 5 heteroatoms. The van der Waals surface area contributed by atoms with Crippen LogP contribution in [-0.4, -0.2) is 86.7 Å². The summed E-state index contributed by atoms with van der Waals surface area (Å²) in [6.45, 7) is 24.7. The molecule has 0 saturated carbocycles. The van der Waals surface area contributed by atoms with Crippen molar-refractivity contribution >= 4 is 0 Å². The smallest absolute Gasteiger partial charge is 0.0376 e. The summed E-state index contributed by atoms with van der Waals surface area (Å²) in [5.41, 5.74) is 6.62. The Morgan fingerprint density at radius 3 is 1.78 bits per heavy atom. The highest BCUT2D eigenvalue weighted by Gasteiger charge is 2.09. The van der Waals surface area contributed by atoms with E-state index in [1.54, 1.807) is 0 Å². The number of nitrogens with one attached hydrogen (secondary N) is 1. The van der Waals surface area contributed by atoms with Gasteiger partial charge in [0, 0.05) is 45.0 Å². The predicted molar refractivity (Wildman–Crippen MR) is 103 cm³/mol. The van der Waals surface area contributed by atoms with Gasteiger partial charge in [-0.25, -0.2) is 0 Å². The van der Waals surface area contributed by atoms with Gasteiger partial charge in [0.1, 0.15) is 0 Å². The zero-order chi connectivity index (χ0) is 17.5. The summed E-state index contributed by atoms with van der Waals surface area (Å²) in [4.78, 5) is 7.49. The highest BCUT2D eigenvalue weighted by Crippen LogP contribution is 1.98. The molecule has 5 nitrogen and oxygen atoms in total. The van der Waals surface area contributed by atoms with Gasteiger partial charge in [-0.05, 0) is 39.1 Å². The number of likely N-dealkylation sites (N-methyl/N-ethyl adjacent to an activating group) is 3. The lowest BCUT2D eigenvalue weighted by atomic mass is 10.3. The lowest BCUT2D eigenvalue weighted by Crippen LogP contribution is -2.40. The van der Waals surface area contributed by atoms with Crippen LogP contribution in [-0.2, 0) is 0 Å². The first-order chi connectivity index (χ1) is 11.1.